The molecule has 0 aliphatic carbocycles. The zero-order valence-corrected chi connectivity index (χ0v) is 14.5. The molecule has 1 atom stereocenters. The van der Waals surface area contributed by atoms with Crippen LogP contribution >= 0.6 is 0 Å². The Morgan fingerprint density at radius 3 is 2.11 bits per heavy atom. The quantitative estimate of drug-likeness (QED) is 0.239. The van der Waals surface area contributed by atoms with Gasteiger partial charge in [0.05, 0.1) is 0 Å². The van der Waals surface area contributed by atoms with Crippen molar-refractivity contribution >= 4 is 35.3 Å². The number of carbonyl (C=O) groups excluding carboxylic acids is 2. The normalized spacial score (nSPS) is 11.3. The Bertz CT molecular complexity index is 717. The summed E-state index contributed by atoms with van der Waals surface area (Å²) in [4.78, 5) is 45.1. The maximum atomic E-state index is 11.9. The standard InChI is InChI=1S/C17H22N4O6/c18-16(19)10-4-6-11(7-5-10)20-13(22)2-1-3-14(23)21-12(17(26)27)8-9-15(24)25/h4-7,12H,1-3,8-9H2,(H3,18,19)(H,20,22)(H,21,23)(H,24,25)(H,26,27). The third-order valence-electron chi connectivity index (χ3n) is 3.57. The maximum absolute atomic E-state index is 11.9. The summed E-state index contributed by atoms with van der Waals surface area (Å²) < 4.78 is 0. The average Bonchev–Trinajstić information content (AvgIpc) is 2.58. The first kappa shape index (κ1) is 21.6. The molecule has 1 rings (SSSR count). The first-order chi connectivity index (χ1) is 12.7. The lowest BCUT2D eigenvalue weighted by atomic mass is 10.1. The van der Waals surface area contributed by atoms with Crippen LogP contribution in [0.5, 0.6) is 0 Å². The highest BCUT2D eigenvalue weighted by Gasteiger charge is 2.20. The topological polar surface area (TPSA) is 183 Å². The summed E-state index contributed by atoms with van der Waals surface area (Å²) in [5.41, 5.74) is 6.39. The Morgan fingerprint density at radius 1 is 1.00 bits per heavy atom. The van der Waals surface area contributed by atoms with Crippen molar-refractivity contribution in [3.63, 3.8) is 0 Å². The molecule has 1 aromatic carbocycles. The van der Waals surface area contributed by atoms with E-state index in [0.29, 0.717) is 11.3 Å². The predicted octanol–water partition coefficient (Wildman–Crippen LogP) is 0.514. The zero-order chi connectivity index (χ0) is 20.4. The van der Waals surface area contributed by atoms with Crippen LogP contribution in [0.4, 0.5) is 5.69 Å². The van der Waals surface area contributed by atoms with Crippen LogP contribution < -0.4 is 16.4 Å². The van der Waals surface area contributed by atoms with Crippen molar-refractivity contribution in [1.29, 1.82) is 5.41 Å². The molecule has 0 spiro atoms. The molecule has 7 N–H and O–H groups in total. The SMILES string of the molecule is N=C(N)c1ccc(NC(=O)CCCC(=O)NC(CCC(=O)O)C(=O)O)cc1. The van der Waals surface area contributed by atoms with Crippen molar-refractivity contribution in [3.8, 4) is 0 Å². The van der Waals surface area contributed by atoms with Crippen LogP contribution in [0.25, 0.3) is 0 Å². The van der Waals surface area contributed by atoms with E-state index in [1.807, 2.05) is 0 Å². The summed E-state index contributed by atoms with van der Waals surface area (Å²) in [7, 11) is 0. The molecule has 0 aliphatic rings. The first-order valence-electron chi connectivity index (χ1n) is 8.17. The molecule has 0 fully saturated rings. The van der Waals surface area contributed by atoms with E-state index in [1.54, 1.807) is 24.3 Å². The number of amides is 2. The van der Waals surface area contributed by atoms with E-state index in [1.165, 1.54) is 0 Å². The van der Waals surface area contributed by atoms with Crippen LogP contribution in [0, 0.1) is 5.41 Å². The second-order valence-electron chi connectivity index (χ2n) is 5.78. The fourth-order valence-corrected chi connectivity index (χ4v) is 2.16. The number of hydrogen-bond donors (Lipinski definition) is 6. The van der Waals surface area contributed by atoms with E-state index in [9.17, 15) is 19.2 Å². The smallest absolute Gasteiger partial charge is 0.326 e. The highest BCUT2D eigenvalue weighted by atomic mass is 16.4. The Morgan fingerprint density at radius 2 is 1.59 bits per heavy atom. The number of rotatable bonds is 11. The molecule has 146 valence electrons. The number of benzene rings is 1. The van der Waals surface area contributed by atoms with E-state index in [2.05, 4.69) is 10.6 Å². The molecule has 10 nitrogen and oxygen atoms in total. The van der Waals surface area contributed by atoms with Crippen LogP contribution in [0.3, 0.4) is 0 Å². The molecular formula is C17H22N4O6. The molecule has 27 heavy (non-hydrogen) atoms. The first-order valence-corrected chi connectivity index (χ1v) is 8.17. The molecular weight excluding hydrogens is 356 g/mol. The molecule has 0 aliphatic heterocycles. The molecule has 0 bridgehead atoms. The predicted molar refractivity (Wildman–Crippen MR) is 96.4 cm³/mol. The summed E-state index contributed by atoms with van der Waals surface area (Å²) in [6.45, 7) is 0. The van der Waals surface area contributed by atoms with Gasteiger partial charge in [-0.05, 0) is 37.1 Å². The van der Waals surface area contributed by atoms with Crippen molar-refractivity contribution < 1.29 is 29.4 Å². The number of amidine groups is 1. The van der Waals surface area contributed by atoms with Crippen molar-refractivity contribution in [3.05, 3.63) is 29.8 Å². The van der Waals surface area contributed by atoms with E-state index in [0.717, 1.165) is 0 Å². The van der Waals surface area contributed by atoms with Crippen LogP contribution in [0.1, 0.15) is 37.7 Å². The number of carboxylic acids is 2. The molecule has 0 heterocycles. The fraction of sp³-hybridized carbons (Fsp3) is 0.353. The number of carboxylic acid groups (broad SMARTS) is 2. The Labute approximate surface area is 155 Å². The van der Waals surface area contributed by atoms with Crippen LogP contribution in [-0.4, -0.2) is 45.8 Å². The van der Waals surface area contributed by atoms with Gasteiger partial charge in [-0.25, -0.2) is 4.79 Å². The summed E-state index contributed by atoms with van der Waals surface area (Å²) in [6.07, 6.45) is -0.397. The highest BCUT2D eigenvalue weighted by Crippen LogP contribution is 2.10. The van der Waals surface area contributed by atoms with Crippen molar-refractivity contribution in [2.75, 3.05) is 5.32 Å². The summed E-state index contributed by atoms with van der Waals surface area (Å²) in [6, 6.07) is 5.10. The van der Waals surface area contributed by atoms with Gasteiger partial charge < -0.3 is 26.6 Å². The van der Waals surface area contributed by atoms with E-state index < -0.39 is 23.9 Å². The van der Waals surface area contributed by atoms with E-state index in [-0.39, 0.29) is 43.8 Å². The minimum atomic E-state index is -1.31. The molecule has 1 unspecified atom stereocenters. The molecule has 2 amide bonds. The summed E-state index contributed by atoms with van der Waals surface area (Å²) >= 11 is 0. The Hall–Kier alpha value is -3.43. The lowest BCUT2D eigenvalue weighted by Crippen LogP contribution is -2.41. The van der Waals surface area contributed by atoms with Gasteiger partial charge in [0.2, 0.25) is 11.8 Å². The lowest BCUT2D eigenvalue weighted by molar-refractivity contribution is -0.143. The van der Waals surface area contributed by atoms with Gasteiger partial charge in [0, 0.05) is 30.5 Å². The van der Waals surface area contributed by atoms with Crippen molar-refractivity contribution in [1.82, 2.24) is 5.32 Å². The number of anilines is 1. The number of nitrogens with two attached hydrogens (primary N) is 1. The van der Waals surface area contributed by atoms with E-state index >= 15 is 0 Å². The number of hydrogen-bond acceptors (Lipinski definition) is 5. The van der Waals surface area contributed by atoms with Crippen molar-refractivity contribution in [2.24, 2.45) is 5.73 Å². The summed E-state index contributed by atoms with van der Waals surface area (Å²) in [5.74, 6) is -3.42. The fourth-order valence-electron chi connectivity index (χ4n) is 2.16. The highest BCUT2D eigenvalue weighted by molar-refractivity contribution is 5.96. The monoisotopic (exact) mass is 378 g/mol. The minimum absolute atomic E-state index is 0.0503. The average molecular weight is 378 g/mol. The second kappa shape index (κ2) is 10.5. The number of nitrogens with one attached hydrogen (secondary N) is 3. The number of nitrogen functional groups attached to an aromatic ring is 1. The molecule has 0 aromatic heterocycles. The third-order valence-corrected chi connectivity index (χ3v) is 3.57. The molecule has 1 aromatic rings. The minimum Gasteiger partial charge on any atom is -0.481 e. The number of carbonyl (C=O) groups is 4. The number of aliphatic carboxylic acids is 2. The van der Waals surface area contributed by atoms with Gasteiger partial charge in [0.15, 0.2) is 0 Å². The third kappa shape index (κ3) is 8.47. The summed E-state index contributed by atoms with van der Waals surface area (Å²) in [5, 5.41) is 29.7. The van der Waals surface area contributed by atoms with Crippen molar-refractivity contribution in [2.45, 2.75) is 38.1 Å². The Balaban J connectivity index is 2.37. The molecule has 0 radical (unpaired) electrons. The largest absolute Gasteiger partial charge is 0.481 e. The van der Waals surface area contributed by atoms with Gasteiger partial charge in [-0.15, -0.1) is 0 Å². The van der Waals surface area contributed by atoms with Gasteiger partial charge >= 0.3 is 11.9 Å². The molecule has 10 heteroatoms. The van der Waals surface area contributed by atoms with Crippen LogP contribution in [0.2, 0.25) is 0 Å². The Kier molecular flexibility index (Phi) is 8.43. The van der Waals surface area contributed by atoms with E-state index in [4.69, 9.17) is 21.4 Å². The van der Waals surface area contributed by atoms with Gasteiger partial charge in [0.1, 0.15) is 11.9 Å². The molecule has 0 saturated carbocycles. The van der Waals surface area contributed by atoms with Crippen LogP contribution in [-0.2, 0) is 19.2 Å². The second-order valence-corrected chi connectivity index (χ2v) is 5.78. The van der Waals surface area contributed by atoms with Gasteiger partial charge in [-0.1, -0.05) is 0 Å². The van der Waals surface area contributed by atoms with Gasteiger partial charge in [-0.2, -0.15) is 0 Å². The zero-order valence-electron chi connectivity index (χ0n) is 14.5. The lowest BCUT2D eigenvalue weighted by Gasteiger charge is -2.13. The van der Waals surface area contributed by atoms with Gasteiger partial charge in [-0.3, -0.25) is 19.8 Å². The maximum Gasteiger partial charge on any atom is 0.326 e. The van der Waals surface area contributed by atoms with Crippen LogP contribution in [0.15, 0.2) is 24.3 Å². The molecule has 0 saturated heterocycles. The van der Waals surface area contributed by atoms with Gasteiger partial charge in [0.25, 0.3) is 0 Å².